The number of hydrogen-bond donors (Lipinski definition) is 1. The molecule has 1 aromatic heterocycles. The Balaban J connectivity index is 1.67. The van der Waals surface area contributed by atoms with Crippen LogP contribution >= 0.6 is 15.9 Å². The van der Waals surface area contributed by atoms with Crippen molar-refractivity contribution in [3.05, 3.63) is 82.1 Å². The van der Waals surface area contributed by atoms with E-state index in [0.29, 0.717) is 12.1 Å². The third-order valence-corrected chi connectivity index (χ3v) is 4.00. The fourth-order valence-corrected chi connectivity index (χ4v) is 2.55. The van der Waals surface area contributed by atoms with E-state index in [4.69, 9.17) is 0 Å². The largest absolute Gasteiger partial charge is 0.348 e. The number of hydrogen-bond acceptors (Lipinski definition) is 2. The Morgan fingerprint density at radius 1 is 1.22 bits per heavy atom. The van der Waals surface area contributed by atoms with Crippen LogP contribution in [0, 0.1) is 6.92 Å². The molecule has 5 heteroatoms. The fraction of sp³-hybridized carbons (Fsp3) is 0.111. The molecule has 0 radical (unpaired) electrons. The van der Waals surface area contributed by atoms with Crippen molar-refractivity contribution in [2.24, 2.45) is 0 Å². The minimum absolute atomic E-state index is 0.130. The Morgan fingerprint density at radius 2 is 2.00 bits per heavy atom. The van der Waals surface area contributed by atoms with Crippen LogP contribution in [0.4, 0.5) is 0 Å². The lowest BCUT2D eigenvalue weighted by molar-refractivity contribution is 0.0951. The number of benzene rings is 2. The van der Waals surface area contributed by atoms with Crippen LogP contribution < -0.4 is 5.32 Å². The smallest absolute Gasteiger partial charge is 0.254 e. The number of aromatic nitrogens is 2. The summed E-state index contributed by atoms with van der Waals surface area (Å²) in [5.41, 5.74) is 3.71. The van der Waals surface area contributed by atoms with E-state index in [1.54, 1.807) is 17.1 Å². The Bertz CT molecular complexity index is 824. The van der Waals surface area contributed by atoms with Crippen LogP contribution in [0.5, 0.6) is 0 Å². The number of carbonyl (C=O) groups excluding carboxylic acids is 1. The first-order valence-electron chi connectivity index (χ1n) is 7.26. The van der Waals surface area contributed by atoms with Crippen molar-refractivity contribution in [1.29, 1.82) is 0 Å². The lowest BCUT2D eigenvalue weighted by Gasteiger charge is -2.04. The predicted octanol–water partition coefficient (Wildman–Crippen LogP) is 3.87. The van der Waals surface area contributed by atoms with Crippen LogP contribution in [-0.2, 0) is 6.54 Å². The van der Waals surface area contributed by atoms with Crippen molar-refractivity contribution < 1.29 is 4.79 Å². The molecular formula is C18H16BrN3O. The SMILES string of the molecule is Cc1cccc(CNC(=O)c2cnn(-c3ccc(Br)cc3)c2)c1. The van der Waals surface area contributed by atoms with Crippen molar-refractivity contribution in [1.82, 2.24) is 15.1 Å². The summed E-state index contributed by atoms with van der Waals surface area (Å²) in [5.74, 6) is -0.130. The zero-order valence-electron chi connectivity index (χ0n) is 12.7. The van der Waals surface area contributed by atoms with Crippen LogP contribution in [0.15, 0.2) is 65.4 Å². The van der Waals surface area contributed by atoms with Crippen LogP contribution in [-0.4, -0.2) is 15.7 Å². The van der Waals surface area contributed by atoms with E-state index in [1.165, 1.54) is 5.56 Å². The van der Waals surface area contributed by atoms with Gasteiger partial charge in [-0.15, -0.1) is 0 Å². The van der Waals surface area contributed by atoms with Crippen molar-refractivity contribution in [2.75, 3.05) is 0 Å². The molecule has 4 nitrogen and oxygen atoms in total. The van der Waals surface area contributed by atoms with Gasteiger partial charge in [0.2, 0.25) is 0 Å². The minimum atomic E-state index is -0.130. The van der Waals surface area contributed by atoms with E-state index in [0.717, 1.165) is 15.7 Å². The average molecular weight is 370 g/mol. The Hall–Kier alpha value is -2.40. The molecule has 3 rings (SSSR count). The van der Waals surface area contributed by atoms with Crippen molar-refractivity contribution in [3.63, 3.8) is 0 Å². The highest BCUT2D eigenvalue weighted by atomic mass is 79.9. The van der Waals surface area contributed by atoms with E-state index in [1.807, 2.05) is 49.4 Å². The predicted molar refractivity (Wildman–Crippen MR) is 93.6 cm³/mol. The fourth-order valence-electron chi connectivity index (χ4n) is 2.28. The maximum absolute atomic E-state index is 12.2. The van der Waals surface area contributed by atoms with E-state index in [-0.39, 0.29) is 5.91 Å². The highest BCUT2D eigenvalue weighted by Gasteiger charge is 2.09. The third-order valence-electron chi connectivity index (χ3n) is 3.47. The minimum Gasteiger partial charge on any atom is -0.348 e. The summed E-state index contributed by atoms with van der Waals surface area (Å²) < 4.78 is 2.69. The molecule has 0 bridgehead atoms. The van der Waals surface area contributed by atoms with Crippen molar-refractivity contribution in [3.8, 4) is 5.69 Å². The highest BCUT2D eigenvalue weighted by molar-refractivity contribution is 9.10. The topological polar surface area (TPSA) is 46.9 Å². The van der Waals surface area contributed by atoms with Crippen LogP contribution in [0.25, 0.3) is 5.69 Å². The zero-order valence-corrected chi connectivity index (χ0v) is 14.2. The first kappa shape index (κ1) is 15.5. The molecule has 0 aliphatic rings. The number of aryl methyl sites for hydroxylation is 1. The van der Waals surface area contributed by atoms with Crippen LogP contribution in [0.2, 0.25) is 0 Å². The van der Waals surface area contributed by atoms with Crippen molar-refractivity contribution >= 4 is 21.8 Å². The molecule has 0 fully saturated rings. The summed E-state index contributed by atoms with van der Waals surface area (Å²) in [6.45, 7) is 2.54. The molecule has 1 N–H and O–H groups in total. The number of amides is 1. The second-order valence-electron chi connectivity index (χ2n) is 5.32. The van der Waals surface area contributed by atoms with Gasteiger partial charge in [-0.05, 0) is 36.8 Å². The Morgan fingerprint density at radius 3 is 2.74 bits per heavy atom. The van der Waals surface area contributed by atoms with Gasteiger partial charge in [-0.2, -0.15) is 5.10 Å². The summed E-state index contributed by atoms with van der Waals surface area (Å²) in [7, 11) is 0. The second-order valence-corrected chi connectivity index (χ2v) is 6.24. The lowest BCUT2D eigenvalue weighted by atomic mass is 10.1. The van der Waals surface area contributed by atoms with Gasteiger partial charge in [0.1, 0.15) is 0 Å². The lowest BCUT2D eigenvalue weighted by Crippen LogP contribution is -2.22. The summed E-state index contributed by atoms with van der Waals surface area (Å²) in [6, 6.07) is 15.8. The molecule has 1 amide bonds. The van der Waals surface area contributed by atoms with Crippen molar-refractivity contribution in [2.45, 2.75) is 13.5 Å². The van der Waals surface area contributed by atoms with E-state index < -0.39 is 0 Å². The molecule has 0 unspecified atom stereocenters. The van der Waals surface area contributed by atoms with Gasteiger partial charge in [-0.3, -0.25) is 4.79 Å². The van der Waals surface area contributed by atoms with Gasteiger partial charge in [0.25, 0.3) is 5.91 Å². The highest BCUT2D eigenvalue weighted by Crippen LogP contribution is 2.14. The first-order chi connectivity index (χ1) is 11.1. The second kappa shape index (κ2) is 6.79. The maximum Gasteiger partial charge on any atom is 0.254 e. The summed E-state index contributed by atoms with van der Waals surface area (Å²) in [5, 5.41) is 7.16. The molecule has 0 saturated heterocycles. The number of carbonyl (C=O) groups is 1. The summed E-state index contributed by atoms with van der Waals surface area (Å²) in [4.78, 5) is 12.2. The molecule has 1 heterocycles. The first-order valence-corrected chi connectivity index (χ1v) is 8.05. The summed E-state index contributed by atoms with van der Waals surface area (Å²) in [6.07, 6.45) is 3.31. The quantitative estimate of drug-likeness (QED) is 0.758. The average Bonchev–Trinajstić information content (AvgIpc) is 3.03. The molecule has 0 aliphatic carbocycles. The molecule has 0 aliphatic heterocycles. The van der Waals surface area contributed by atoms with E-state index >= 15 is 0 Å². The number of nitrogens with zero attached hydrogens (tertiary/aromatic N) is 2. The van der Waals surface area contributed by atoms with Gasteiger partial charge in [-0.1, -0.05) is 45.8 Å². The number of rotatable bonds is 4. The third kappa shape index (κ3) is 3.87. The molecular weight excluding hydrogens is 354 g/mol. The molecule has 0 saturated carbocycles. The van der Waals surface area contributed by atoms with Gasteiger partial charge in [-0.25, -0.2) is 4.68 Å². The van der Waals surface area contributed by atoms with E-state index in [2.05, 4.69) is 32.4 Å². The standard InChI is InChI=1S/C18H16BrN3O/c1-13-3-2-4-14(9-13)10-20-18(23)15-11-21-22(12-15)17-7-5-16(19)6-8-17/h2-9,11-12H,10H2,1H3,(H,20,23). The zero-order chi connectivity index (χ0) is 16.2. The molecule has 0 atom stereocenters. The van der Waals surface area contributed by atoms with Crippen LogP contribution in [0.1, 0.15) is 21.5 Å². The van der Waals surface area contributed by atoms with Gasteiger partial charge in [0.15, 0.2) is 0 Å². The molecule has 116 valence electrons. The Kier molecular flexibility index (Phi) is 4.57. The Labute approximate surface area is 143 Å². The molecule has 3 aromatic rings. The number of nitrogens with one attached hydrogen (secondary N) is 1. The molecule has 2 aromatic carbocycles. The van der Waals surface area contributed by atoms with Gasteiger partial charge >= 0.3 is 0 Å². The van der Waals surface area contributed by atoms with E-state index in [9.17, 15) is 4.79 Å². The molecule has 0 spiro atoms. The van der Waals surface area contributed by atoms with Crippen LogP contribution in [0.3, 0.4) is 0 Å². The van der Waals surface area contributed by atoms with Gasteiger partial charge in [0.05, 0.1) is 17.4 Å². The van der Waals surface area contributed by atoms with Gasteiger partial charge < -0.3 is 5.32 Å². The maximum atomic E-state index is 12.2. The normalized spacial score (nSPS) is 10.5. The summed E-state index contributed by atoms with van der Waals surface area (Å²) >= 11 is 3.40. The number of halogens is 1. The van der Waals surface area contributed by atoms with Gasteiger partial charge in [0, 0.05) is 17.2 Å². The monoisotopic (exact) mass is 369 g/mol. The molecule has 23 heavy (non-hydrogen) atoms.